The molecule has 0 saturated carbocycles. The molecular formula is C15H15ClF3N3O3. The van der Waals surface area contributed by atoms with Crippen LogP contribution >= 0.6 is 11.6 Å². The van der Waals surface area contributed by atoms with Crippen molar-refractivity contribution in [2.24, 2.45) is 7.05 Å². The zero-order valence-electron chi connectivity index (χ0n) is 13.3. The van der Waals surface area contributed by atoms with Crippen molar-refractivity contribution in [2.45, 2.75) is 18.2 Å². The van der Waals surface area contributed by atoms with Crippen molar-refractivity contribution < 1.29 is 27.8 Å². The predicted octanol–water partition coefficient (Wildman–Crippen LogP) is 2.86. The molecule has 0 saturated heterocycles. The summed E-state index contributed by atoms with van der Waals surface area (Å²) in [5.41, 5.74) is -3.36. The van der Waals surface area contributed by atoms with Gasteiger partial charge >= 0.3 is 6.18 Å². The highest BCUT2D eigenvalue weighted by atomic mass is 35.5. The van der Waals surface area contributed by atoms with E-state index < -0.39 is 29.9 Å². The average molecular weight is 378 g/mol. The maximum Gasteiger partial charge on any atom is 0.425 e. The third-order valence-electron chi connectivity index (χ3n) is 3.51. The van der Waals surface area contributed by atoms with Gasteiger partial charge in [-0.2, -0.15) is 13.2 Å². The summed E-state index contributed by atoms with van der Waals surface area (Å²) < 4.78 is 46.3. The van der Waals surface area contributed by atoms with Gasteiger partial charge in [0.15, 0.2) is 5.82 Å². The number of aliphatic hydroxyl groups is 1. The van der Waals surface area contributed by atoms with Crippen LogP contribution < -0.4 is 10.1 Å². The SMILES string of the molecule is COc1ccc(Cl)cc1NC(=O)C[C@](O)(c1nccn1C)C(F)(F)F. The Hall–Kier alpha value is -2.26. The Morgan fingerprint density at radius 3 is 2.64 bits per heavy atom. The summed E-state index contributed by atoms with van der Waals surface area (Å²) in [7, 11) is 2.62. The number of hydrogen-bond donors (Lipinski definition) is 2. The second-order valence-electron chi connectivity index (χ2n) is 5.29. The quantitative estimate of drug-likeness (QED) is 0.840. The number of aryl methyl sites for hydroxylation is 1. The van der Waals surface area contributed by atoms with Crippen LogP contribution in [0.2, 0.25) is 5.02 Å². The van der Waals surface area contributed by atoms with Crippen LogP contribution in [-0.4, -0.2) is 33.9 Å². The first-order chi connectivity index (χ1) is 11.6. The first kappa shape index (κ1) is 19.1. The van der Waals surface area contributed by atoms with Crippen LogP contribution in [0.4, 0.5) is 18.9 Å². The smallest absolute Gasteiger partial charge is 0.425 e. The number of benzene rings is 1. The third-order valence-corrected chi connectivity index (χ3v) is 3.75. The van der Waals surface area contributed by atoms with Crippen molar-refractivity contribution in [3.63, 3.8) is 0 Å². The molecule has 6 nitrogen and oxygen atoms in total. The number of imidazole rings is 1. The largest absolute Gasteiger partial charge is 0.495 e. The summed E-state index contributed by atoms with van der Waals surface area (Å²) in [6.45, 7) is 0. The van der Waals surface area contributed by atoms with Crippen molar-refractivity contribution in [3.8, 4) is 5.75 Å². The summed E-state index contributed by atoms with van der Waals surface area (Å²) >= 11 is 5.82. The number of alkyl halides is 3. The molecule has 1 aromatic heterocycles. The number of carbonyl (C=O) groups excluding carboxylic acids is 1. The van der Waals surface area contributed by atoms with Crippen LogP contribution in [0.1, 0.15) is 12.2 Å². The highest BCUT2D eigenvalue weighted by Crippen LogP contribution is 2.41. The van der Waals surface area contributed by atoms with Gasteiger partial charge in [-0.1, -0.05) is 11.6 Å². The Balaban J connectivity index is 2.30. The third kappa shape index (κ3) is 3.88. The van der Waals surface area contributed by atoms with Crippen LogP contribution in [-0.2, 0) is 17.4 Å². The summed E-state index contributed by atoms with van der Waals surface area (Å²) in [4.78, 5) is 15.7. The molecule has 0 bridgehead atoms. The lowest BCUT2D eigenvalue weighted by Gasteiger charge is -2.29. The number of halogens is 4. The number of ether oxygens (including phenoxy) is 1. The van der Waals surface area contributed by atoms with Crippen molar-refractivity contribution in [2.75, 3.05) is 12.4 Å². The van der Waals surface area contributed by atoms with Crippen molar-refractivity contribution in [3.05, 3.63) is 41.4 Å². The van der Waals surface area contributed by atoms with E-state index in [1.54, 1.807) is 0 Å². The Kier molecular flexibility index (Phi) is 5.28. The van der Waals surface area contributed by atoms with Gasteiger partial charge in [-0.15, -0.1) is 0 Å². The van der Waals surface area contributed by atoms with Crippen molar-refractivity contribution in [1.29, 1.82) is 0 Å². The standard InChI is InChI=1S/C15H15ClF3N3O3/c1-22-6-5-20-13(22)14(24,15(17,18)19)8-12(23)21-10-7-9(16)3-4-11(10)25-2/h3-7,24H,8H2,1-2H3,(H,21,23)/t14-/m0/s1. The van der Waals surface area contributed by atoms with Gasteiger partial charge in [0.1, 0.15) is 5.75 Å². The minimum Gasteiger partial charge on any atom is -0.495 e. The molecule has 1 atom stereocenters. The van der Waals surface area contributed by atoms with Gasteiger partial charge in [-0.3, -0.25) is 4.79 Å². The van der Waals surface area contributed by atoms with Gasteiger partial charge in [0.25, 0.3) is 0 Å². The fourth-order valence-electron chi connectivity index (χ4n) is 2.27. The number of nitrogens with zero attached hydrogens (tertiary/aromatic N) is 2. The van der Waals surface area contributed by atoms with Crippen LogP contribution in [0.15, 0.2) is 30.6 Å². The van der Waals surface area contributed by atoms with Gasteiger partial charge in [-0.05, 0) is 18.2 Å². The first-order valence-corrected chi connectivity index (χ1v) is 7.36. The normalized spacial score (nSPS) is 14.0. The van der Waals surface area contributed by atoms with Crippen LogP contribution in [0.25, 0.3) is 0 Å². The van der Waals surface area contributed by atoms with Crippen LogP contribution in [0, 0.1) is 0 Å². The van der Waals surface area contributed by atoms with E-state index >= 15 is 0 Å². The minimum atomic E-state index is -5.11. The number of aromatic nitrogens is 2. The van der Waals surface area contributed by atoms with Gasteiger partial charge in [0.05, 0.1) is 19.2 Å². The lowest BCUT2D eigenvalue weighted by atomic mass is 9.97. The Morgan fingerprint density at radius 2 is 2.12 bits per heavy atom. The van der Waals surface area contributed by atoms with Crippen molar-refractivity contribution >= 4 is 23.2 Å². The van der Waals surface area contributed by atoms with E-state index in [1.165, 1.54) is 38.6 Å². The zero-order valence-corrected chi connectivity index (χ0v) is 14.0. The van der Waals surface area contributed by atoms with E-state index in [9.17, 15) is 23.1 Å². The number of rotatable bonds is 5. The maximum absolute atomic E-state index is 13.4. The number of anilines is 1. The van der Waals surface area contributed by atoms with Gasteiger partial charge in [0, 0.05) is 24.5 Å². The van der Waals surface area contributed by atoms with Gasteiger partial charge < -0.3 is 19.7 Å². The lowest BCUT2D eigenvalue weighted by molar-refractivity contribution is -0.270. The summed E-state index contributed by atoms with van der Waals surface area (Å²) in [5, 5.41) is 12.7. The Labute approximate surface area is 146 Å². The molecule has 0 spiro atoms. The number of methoxy groups -OCH3 is 1. The molecule has 1 aromatic carbocycles. The number of nitrogens with one attached hydrogen (secondary N) is 1. The first-order valence-electron chi connectivity index (χ1n) is 6.99. The molecule has 1 heterocycles. The van der Waals surface area contributed by atoms with Gasteiger partial charge in [-0.25, -0.2) is 4.98 Å². The summed E-state index contributed by atoms with van der Waals surface area (Å²) in [6, 6.07) is 4.27. The molecule has 0 aliphatic heterocycles. The fourth-order valence-corrected chi connectivity index (χ4v) is 2.45. The second-order valence-corrected chi connectivity index (χ2v) is 5.73. The fraction of sp³-hybridized carbons (Fsp3) is 0.333. The highest BCUT2D eigenvalue weighted by Gasteiger charge is 2.58. The van der Waals surface area contributed by atoms with E-state index in [2.05, 4.69) is 10.3 Å². The number of hydrogen-bond acceptors (Lipinski definition) is 4. The predicted molar refractivity (Wildman–Crippen MR) is 84.4 cm³/mol. The summed E-state index contributed by atoms with van der Waals surface area (Å²) in [6.07, 6.45) is -4.05. The molecule has 25 heavy (non-hydrogen) atoms. The Bertz CT molecular complexity index is 779. The molecule has 0 aliphatic rings. The molecule has 0 radical (unpaired) electrons. The maximum atomic E-state index is 13.4. The van der Waals surface area contributed by atoms with E-state index in [0.29, 0.717) is 0 Å². The van der Waals surface area contributed by atoms with E-state index in [4.69, 9.17) is 16.3 Å². The van der Waals surface area contributed by atoms with Gasteiger partial charge in [0.2, 0.25) is 11.5 Å². The monoisotopic (exact) mass is 377 g/mol. The van der Waals surface area contributed by atoms with Crippen LogP contribution in [0.3, 0.4) is 0 Å². The number of amides is 1. The Morgan fingerprint density at radius 1 is 1.44 bits per heavy atom. The highest BCUT2D eigenvalue weighted by molar-refractivity contribution is 6.31. The summed E-state index contributed by atoms with van der Waals surface area (Å²) in [5.74, 6) is -1.55. The molecule has 2 aromatic rings. The molecular weight excluding hydrogens is 363 g/mol. The lowest BCUT2D eigenvalue weighted by Crippen LogP contribution is -2.46. The molecule has 1 amide bonds. The zero-order chi connectivity index (χ0) is 18.8. The second kappa shape index (κ2) is 6.93. The van der Waals surface area contributed by atoms with E-state index in [-0.39, 0.29) is 16.5 Å². The van der Waals surface area contributed by atoms with E-state index in [1.807, 2.05) is 0 Å². The molecule has 0 unspecified atom stereocenters. The molecule has 10 heteroatoms. The van der Waals surface area contributed by atoms with Crippen LogP contribution in [0.5, 0.6) is 5.75 Å². The average Bonchev–Trinajstić information content (AvgIpc) is 2.92. The van der Waals surface area contributed by atoms with Crippen molar-refractivity contribution in [1.82, 2.24) is 9.55 Å². The molecule has 2 N–H and O–H groups in total. The molecule has 2 rings (SSSR count). The molecule has 0 fully saturated rings. The minimum absolute atomic E-state index is 0.0874. The molecule has 136 valence electrons. The van der Waals surface area contributed by atoms with E-state index in [0.717, 1.165) is 10.8 Å². The number of carbonyl (C=O) groups is 1. The molecule has 0 aliphatic carbocycles. The topological polar surface area (TPSA) is 76.4 Å².